The van der Waals surface area contributed by atoms with E-state index in [1.54, 1.807) is 12.1 Å². The SMILES string of the molecule is O=C(Nc1n[nH]c(-c2ccco2)n1)c1ccc([N+](=O)[O-])cc1. The van der Waals surface area contributed by atoms with Crippen LogP contribution in [-0.4, -0.2) is 26.0 Å². The predicted molar refractivity (Wildman–Crippen MR) is 75.1 cm³/mol. The second-order valence-electron chi connectivity index (χ2n) is 4.24. The molecule has 3 rings (SSSR count). The van der Waals surface area contributed by atoms with E-state index in [0.717, 1.165) is 0 Å². The Morgan fingerprint density at radius 1 is 1.27 bits per heavy atom. The van der Waals surface area contributed by atoms with E-state index >= 15 is 0 Å². The third kappa shape index (κ3) is 2.68. The first-order valence-corrected chi connectivity index (χ1v) is 6.15. The van der Waals surface area contributed by atoms with Crippen molar-refractivity contribution in [3.8, 4) is 11.6 Å². The van der Waals surface area contributed by atoms with Crippen molar-refractivity contribution < 1.29 is 14.1 Å². The molecule has 0 atom stereocenters. The van der Waals surface area contributed by atoms with E-state index in [9.17, 15) is 14.9 Å². The van der Waals surface area contributed by atoms with E-state index < -0.39 is 10.8 Å². The number of nitrogens with zero attached hydrogens (tertiary/aromatic N) is 3. The zero-order valence-corrected chi connectivity index (χ0v) is 11.0. The van der Waals surface area contributed by atoms with Crippen LogP contribution in [-0.2, 0) is 0 Å². The maximum atomic E-state index is 12.0. The molecule has 2 heterocycles. The summed E-state index contributed by atoms with van der Waals surface area (Å²) in [5.74, 6) is 0.474. The fourth-order valence-corrected chi connectivity index (χ4v) is 1.75. The Hall–Kier alpha value is -3.49. The molecule has 0 saturated carbocycles. The monoisotopic (exact) mass is 299 g/mol. The molecule has 0 unspecified atom stereocenters. The first kappa shape index (κ1) is 13.5. The van der Waals surface area contributed by atoms with Crippen molar-refractivity contribution in [2.75, 3.05) is 5.32 Å². The Bertz CT molecular complexity index is 807. The molecule has 0 aliphatic heterocycles. The Balaban J connectivity index is 1.73. The van der Waals surface area contributed by atoms with E-state index in [1.807, 2.05) is 0 Å². The van der Waals surface area contributed by atoms with Gasteiger partial charge in [0.2, 0.25) is 5.95 Å². The van der Waals surface area contributed by atoms with Crippen molar-refractivity contribution in [3.05, 3.63) is 58.3 Å². The van der Waals surface area contributed by atoms with E-state index in [4.69, 9.17) is 4.42 Å². The van der Waals surface area contributed by atoms with Crippen LogP contribution in [0.1, 0.15) is 10.4 Å². The molecule has 0 saturated heterocycles. The van der Waals surface area contributed by atoms with Gasteiger partial charge >= 0.3 is 0 Å². The summed E-state index contributed by atoms with van der Waals surface area (Å²) in [5.41, 5.74) is 0.171. The quantitative estimate of drug-likeness (QED) is 0.561. The van der Waals surface area contributed by atoms with Crippen LogP contribution in [0.25, 0.3) is 11.6 Å². The van der Waals surface area contributed by atoms with Crippen LogP contribution in [0.15, 0.2) is 47.1 Å². The van der Waals surface area contributed by atoms with Gasteiger partial charge in [0.25, 0.3) is 11.6 Å². The summed E-state index contributed by atoms with van der Waals surface area (Å²) in [6.07, 6.45) is 1.49. The normalized spacial score (nSPS) is 10.4. The molecule has 1 aromatic carbocycles. The lowest BCUT2D eigenvalue weighted by Gasteiger charge is -2.00. The molecule has 3 aromatic rings. The zero-order valence-electron chi connectivity index (χ0n) is 11.0. The van der Waals surface area contributed by atoms with Gasteiger partial charge < -0.3 is 4.42 Å². The number of furan rings is 1. The Morgan fingerprint density at radius 3 is 2.68 bits per heavy atom. The summed E-state index contributed by atoms with van der Waals surface area (Å²) in [6.45, 7) is 0. The summed E-state index contributed by atoms with van der Waals surface area (Å²) in [7, 11) is 0. The zero-order chi connectivity index (χ0) is 15.5. The average molecular weight is 299 g/mol. The second-order valence-corrected chi connectivity index (χ2v) is 4.24. The van der Waals surface area contributed by atoms with Gasteiger partial charge in [0, 0.05) is 17.7 Å². The maximum absolute atomic E-state index is 12.0. The summed E-state index contributed by atoms with van der Waals surface area (Å²) < 4.78 is 5.15. The Kier molecular flexibility index (Phi) is 3.36. The number of aromatic amines is 1. The van der Waals surface area contributed by atoms with Crippen LogP contribution in [0, 0.1) is 10.1 Å². The molecule has 0 radical (unpaired) electrons. The number of anilines is 1. The van der Waals surface area contributed by atoms with E-state index in [0.29, 0.717) is 11.6 Å². The lowest BCUT2D eigenvalue weighted by Crippen LogP contribution is -2.12. The Morgan fingerprint density at radius 2 is 2.05 bits per heavy atom. The lowest BCUT2D eigenvalue weighted by atomic mass is 10.2. The van der Waals surface area contributed by atoms with Crippen molar-refractivity contribution in [2.45, 2.75) is 0 Å². The molecule has 0 spiro atoms. The van der Waals surface area contributed by atoms with E-state index in [-0.39, 0.29) is 17.2 Å². The summed E-state index contributed by atoms with van der Waals surface area (Å²) >= 11 is 0. The highest BCUT2D eigenvalue weighted by atomic mass is 16.6. The molecule has 2 aromatic heterocycles. The molecule has 22 heavy (non-hydrogen) atoms. The van der Waals surface area contributed by atoms with Crippen molar-refractivity contribution >= 4 is 17.5 Å². The molecule has 110 valence electrons. The lowest BCUT2D eigenvalue weighted by molar-refractivity contribution is -0.384. The number of hydrogen-bond donors (Lipinski definition) is 2. The molecule has 0 aliphatic rings. The number of H-pyrrole nitrogens is 1. The molecule has 9 heteroatoms. The average Bonchev–Trinajstić information content (AvgIpc) is 3.18. The molecular formula is C13H9N5O4. The van der Waals surface area contributed by atoms with Gasteiger partial charge in [-0.2, -0.15) is 4.98 Å². The van der Waals surface area contributed by atoms with Crippen LogP contribution in [0.5, 0.6) is 0 Å². The first-order valence-electron chi connectivity index (χ1n) is 6.15. The first-order chi connectivity index (χ1) is 10.6. The van der Waals surface area contributed by atoms with Crippen molar-refractivity contribution in [1.82, 2.24) is 15.2 Å². The standard InChI is InChI=1S/C13H9N5O4/c19-12(8-3-5-9(6-4-8)18(20)21)15-13-14-11(16-17-13)10-2-1-7-22-10/h1-7H,(H2,14,15,16,17,19). The van der Waals surface area contributed by atoms with Crippen LogP contribution in [0.4, 0.5) is 11.6 Å². The number of nitrogens with one attached hydrogen (secondary N) is 2. The van der Waals surface area contributed by atoms with Crippen molar-refractivity contribution in [2.24, 2.45) is 0 Å². The predicted octanol–water partition coefficient (Wildman–Crippen LogP) is 2.23. The topological polar surface area (TPSA) is 127 Å². The highest BCUT2D eigenvalue weighted by Gasteiger charge is 2.13. The fourth-order valence-electron chi connectivity index (χ4n) is 1.75. The minimum atomic E-state index is -0.535. The van der Waals surface area contributed by atoms with E-state index in [1.165, 1.54) is 30.5 Å². The molecule has 1 amide bonds. The minimum absolute atomic E-state index is 0.0785. The van der Waals surface area contributed by atoms with Gasteiger partial charge in [0.15, 0.2) is 11.6 Å². The van der Waals surface area contributed by atoms with Gasteiger partial charge in [0.1, 0.15) is 0 Å². The summed E-state index contributed by atoms with van der Waals surface area (Å²) in [4.78, 5) is 26.1. The van der Waals surface area contributed by atoms with Gasteiger partial charge in [-0.05, 0) is 24.3 Å². The summed E-state index contributed by atoms with van der Waals surface area (Å²) in [6, 6.07) is 8.61. The molecular weight excluding hydrogens is 290 g/mol. The molecule has 2 N–H and O–H groups in total. The highest BCUT2D eigenvalue weighted by molar-refractivity contribution is 6.03. The van der Waals surface area contributed by atoms with Gasteiger partial charge in [0.05, 0.1) is 11.2 Å². The number of nitro benzene ring substituents is 1. The van der Waals surface area contributed by atoms with Crippen molar-refractivity contribution in [1.29, 1.82) is 0 Å². The Labute approximate surface area is 123 Å². The van der Waals surface area contributed by atoms with Gasteiger partial charge in [-0.15, -0.1) is 5.10 Å². The number of rotatable bonds is 4. The number of carbonyl (C=O) groups is 1. The van der Waals surface area contributed by atoms with Crippen molar-refractivity contribution in [3.63, 3.8) is 0 Å². The second kappa shape index (κ2) is 5.48. The molecule has 9 nitrogen and oxygen atoms in total. The number of hydrogen-bond acceptors (Lipinski definition) is 6. The third-order valence-corrected chi connectivity index (χ3v) is 2.81. The largest absolute Gasteiger partial charge is 0.461 e. The third-order valence-electron chi connectivity index (χ3n) is 2.81. The van der Waals surface area contributed by atoms with Gasteiger partial charge in [-0.25, -0.2) is 0 Å². The molecule has 0 bridgehead atoms. The number of non-ortho nitro benzene ring substituents is 1. The minimum Gasteiger partial charge on any atom is -0.461 e. The summed E-state index contributed by atoms with van der Waals surface area (Å²) in [5, 5.41) is 19.5. The number of benzene rings is 1. The maximum Gasteiger partial charge on any atom is 0.269 e. The number of carbonyl (C=O) groups excluding carboxylic acids is 1. The van der Waals surface area contributed by atoms with Crippen LogP contribution in [0.3, 0.4) is 0 Å². The van der Waals surface area contributed by atoms with Gasteiger partial charge in [-0.3, -0.25) is 25.3 Å². The van der Waals surface area contributed by atoms with Crippen LogP contribution < -0.4 is 5.32 Å². The van der Waals surface area contributed by atoms with E-state index in [2.05, 4.69) is 20.5 Å². The molecule has 0 fully saturated rings. The highest BCUT2D eigenvalue weighted by Crippen LogP contribution is 2.17. The smallest absolute Gasteiger partial charge is 0.269 e. The number of amides is 1. The number of nitro groups is 1. The molecule has 0 aliphatic carbocycles. The van der Waals surface area contributed by atoms with Crippen LogP contribution >= 0.6 is 0 Å². The van der Waals surface area contributed by atoms with Crippen LogP contribution in [0.2, 0.25) is 0 Å². The van der Waals surface area contributed by atoms with Gasteiger partial charge in [-0.1, -0.05) is 0 Å². The number of aromatic nitrogens is 3. The fraction of sp³-hybridized carbons (Fsp3) is 0.